The molecule has 3 rings (SSSR count). The number of carbonyl (C=O) groups is 2. The first kappa shape index (κ1) is 19.7. The van der Waals surface area contributed by atoms with Gasteiger partial charge in [-0.15, -0.1) is 0 Å². The van der Waals surface area contributed by atoms with E-state index in [1.54, 1.807) is 25.3 Å². The number of nitrogens with zero attached hydrogens (tertiary/aromatic N) is 1. The lowest BCUT2D eigenvalue weighted by Crippen LogP contribution is -2.37. The van der Waals surface area contributed by atoms with Gasteiger partial charge in [0.15, 0.2) is 11.5 Å². The number of amides is 2. The summed E-state index contributed by atoms with van der Waals surface area (Å²) in [6, 6.07) is 10.7. The maximum atomic E-state index is 12.6. The number of ether oxygens (including phenoxy) is 2. The number of hydrogen-bond acceptors (Lipinski definition) is 4. The average Bonchev–Trinajstić information content (AvgIpc) is 2.69. The highest BCUT2D eigenvalue weighted by atomic mass is 16.5. The van der Waals surface area contributed by atoms with Gasteiger partial charge in [0.1, 0.15) is 0 Å². The van der Waals surface area contributed by atoms with Crippen molar-refractivity contribution >= 4 is 23.2 Å². The fraction of sp³-hybridized carbons (Fsp3) is 0.364. The standard InChI is InChI=1S/C22H26N2O4/c1-14(2)13-24-18-8-7-17(11-15(18)6-10-21(24)25)23-22(26)16-5-9-19(27-3)20(12-16)28-4/h5,7-9,11-12,14H,6,10,13H2,1-4H3,(H,23,26). The van der Waals surface area contributed by atoms with Gasteiger partial charge in [0.05, 0.1) is 14.2 Å². The molecule has 6 nitrogen and oxygen atoms in total. The first-order chi connectivity index (χ1) is 13.4. The number of benzene rings is 2. The number of methoxy groups -OCH3 is 2. The lowest BCUT2D eigenvalue weighted by Gasteiger charge is -2.31. The Morgan fingerprint density at radius 3 is 2.50 bits per heavy atom. The molecule has 28 heavy (non-hydrogen) atoms. The number of nitrogens with one attached hydrogen (secondary N) is 1. The molecule has 0 aromatic heterocycles. The third kappa shape index (κ3) is 4.11. The molecule has 0 aliphatic carbocycles. The maximum Gasteiger partial charge on any atom is 0.255 e. The van der Waals surface area contributed by atoms with E-state index in [9.17, 15) is 9.59 Å². The number of anilines is 2. The van der Waals surface area contributed by atoms with E-state index in [0.29, 0.717) is 48.1 Å². The van der Waals surface area contributed by atoms with Gasteiger partial charge >= 0.3 is 0 Å². The predicted octanol–water partition coefficient (Wildman–Crippen LogP) is 3.89. The Morgan fingerprint density at radius 2 is 1.82 bits per heavy atom. The number of hydrogen-bond donors (Lipinski definition) is 1. The molecule has 1 aliphatic heterocycles. The Hall–Kier alpha value is -3.02. The third-order valence-corrected chi connectivity index (χ3v) is 4.73. The van der Waals surface area contributed by atoms with Crippen LogP contribution >= 0.6 is 0 Å². The minimum absolute atomic E-state index is 0.156. The van der Waals surface area contributed by atoms with Gasteiger partial charge in [0.25, 0.3) is 5.91 Å². The number of fused-ring (bicyclic) bond motifs is 1. The van der Waals surface area contributed by atoms with E-state index < -0.39 is 0 Å². The Morgan fingerprint density at radius 1 is 1.07 bits per heavy atom. The van der Waals surface area contributed by atoms with Crippen LogP contribution in [0.3, 0.4) is 0 Å². The lowest BCUT2D eigenvalue weighted by molar-refractivity contribution is -0.119. The monoisotopic (exact) mass is 382 g/mol. The highest BCUT2D eigenvalue weighted by molar-refractivity contribution is 6.05. The largest absolute Gasteiger partial charge is 0.493 e. The maximum absolute atomic E-state index is 12.6. The van der Waals surface area contributed by atoms with Crippen molar-refractivity contribution in [1.29, 1.82) is 0 Å². The molecular weight excluding hydrogens is 356 g/mol. The van der Waals surface area contributed by atoms with Crippen LogP contribution in [0.2, 0.25) is 0 Å². The molecule has 2 aromatic rings. The van der Waals surface area contributed by atoms with Gasteiger partial charge in [-0.2, -0.15) is 0 Å². The summed E-state index contributed by atoms with van der Waals surface area (Å²) in [5.74, 6) is 1.39. The molecule has 6 heteroatoms. The second kappa shape index (κ2) is 8.33. The van der Waals surface area contributed by atoms with Crippen molar-refractivity contribution in [3.05, 3.63) is 47.5 Å². The fourth-order valence-electron chi connectivity index (χ4n) is 3.38. The Kier molecular flexibility index (Phi) is 5.87. The van der Waals surface area contributed by atoms with Crippen molar-refractivity contribution < 1.29 is 19.1 Å². The Balaban J connectivity index is 1.80. The zero-order valence-corrected chi connectivity index (χ0v) is 16.7. The van der Waals surface area contributed by atoms with E-state index in [2.05, 4.69) is 19.2 Å². The van der Waals surface area contributed by atoms with Gasteiger partial charge in [-0.1, -0.05) is 13.8 Å². The molecule has 1 heterocycles. The number of rotatable bonds is 6. The Bertz CT molecular complexity index is 892. The van der Waals surface area contributed by atoms with Crippen LogP contribution in [0.15, 0.2) is 36.4 Å². The summed E-state index contributed by atoms with van der Waals surface area (Å²) < 4.78 is 10.5. The normalized spacial score (nSPS) is 13.3. The fourth-order valence-corrected chi connectivity index (χ4v) is 3.38. The molecule has 0 saturated carbocycles. The van der Waals surface area contributed by atoms with Crippen LogP contribution in [0, 0.1) is 5.92 Å². The smallest absolute Gasteiger partial charge is 0.255 e. The summed E-state index contributed by atoms with van der Waals surface area (Å²) >= 11 is 0. The lowest BCUT2D eigenvalue weighted by atomic mass is 9.99. The van der Waals surface area contributed by atoms with E-state index in [4.69, 9.17) is 9.47 Å². The van der Waals surface area contributed by atoms with Crippen molar-refractivity contribution in [3.63, 3.8) is 0 Å². The molecule has 2 aromatic carbocycles. The predicted molar refractivity (Wildman–Crippen MR) is 109 cm³/mol. The number of aryl methyl sites for hydroxylation is 1. The molecule has 1 N–H and O–H groups in total. The molecular formula is C22H26N2O4. The SMILES string of the molecule is COc1ccc(C(=O)Nc2ccc3c(c2)CCC(=O)N3CC(C)C)cc1OC. The summed E-state index contributed by atoms with van der Waals surface area (Å²) in [6.07, 6.45) is 1.18. The summed E-state index contributed by atoms with van der Waals surface area (Å²) in [4.78, 5) is 26.8. The topological polar surface area (TPSA) is 67.9 Å². The van der Waals surface area contributed by atoms with E-state index >= 15 is 0 Å². The molecule has 0 fully saturated rings. The van der Waals surface area contributed by atoms with Crippen LogP contribution in [-0.4, -0.2) is 32.6 Å². The minimum Gasteiger partial charge on any atom is -0.493 e. The summed E-state index contributed by atoms with van der Waals surface area (Å²) in [5, 5.41) is 2.93. The van der Waals surface area contributed by atoms with Gasteiger partial charge in [-0.25, -0.2) is 0 Å². The highest BCUT2D eigenvalue weighted by Crippen LogP contribution is 2.32. The highest BCUT2D eigenvalue weighted by Gasteiger charge is 2.25. The van der Waals surface area contributed by atoms with Crippen LogP contribution in [0.4, 0.5) is 11.4 Å². The zero-order valence-electron chi connectivity index (χ0n) is 16.7. The van der Waals surface area contributed by atoms with Crippen LogP contribution in [0.5, 0.6) is 11.5 Å². The summed E-state index contributed by atoms with van der Waals surface area (Å²) in [5.41, 5.74) is 3.20. The molecule has 0 unspecified atom stereocenters. The molecule has 1 aliphatic rings. The van der Waals surface area contributed by atoms with E-state index in [0.717, 1.165) is 11.3 Å². The van der Waals surface area contributed by atoms with Crippen molar-refractivity contribution in [2.45, 2.75) is 26.7 Å². The molecule has 0 atom stereocenters. The molecule has 148 valence electrons. The van der Waals surface area contributed by atoms with Crippen LogP contribution in [0.1, 0.15) is 36.2 Å². The van der Waals surface area contributed by atoms with E-state index in [1.165, 1.54) is 7.11 Å². The van der Waals surface area contributed by atoms with Crippen molar-refractivity contribution in [1.82, 2.24) is 0 Å². The summed E-state index contributed by atoms with van der Waals surface area (Å²) in [7, 11) is 3.09. The second-order valence-electron chi connectivity index (χ2n) is 7.27. The van der Waals surface area contributed by atoms with Gasteiger partial charge in [-0.3, -0.25) is 9.59 Å². The molecule has 0 saturated heterocycles. The van der Waals surface area contributed by atoms with Crippen LogP contribution < -0.4 is 19.7 Å². The van der Waals surface area contributed by atoms with Gasteiger partial charge < -0.3 is 19.7 Å². The van der Waals surface area contributed by atoms with E-state index in [-0.39, 0.29) is 11.8 Å². The molecule has 2 amide bonds. The molecule has 0 radical (unpaired) electrons. The van der Waals surface area contributed by atoms with E-state index in [1.807, 2.05) is 23.1 Å². The van der Waals surface area contributed by atoms with Crippen LogP contribution in [-0.2, 0) is 11.2 Å². The molecule has 0 spiro atoms. The zero-order chi connectivity index (χ0) is 20.3. The van der Waals surface area contributed by atoms with Crippen molar-refractivity contribution in [2.75, 3.05) is 31.0 Å². The first-order valence-corrected chi connectivity index (χ1v) is 9.39. The van der Waals surface area contributed by atoms with Crippen molar-refractivity contribution in [3.8, 4) is 11.5 Å². The van der Waals surface area contributed by atoms with Gasteiger partial charge in [-0.05, 0) is 54.3 Å². The van der Waals surface area contributed by atoms with Gasteiger partial charge in [0.2, 0.25) is 5.91 Å². The second-order valence-corrected chi connectivity index (χ2v) is 7.27. The molecule has 0 bridgehead atoms. The van der Waals surface area contributed by atoms with Crippen molar-refractivity contribution in [2.24, 2.45) is 5.92 Å². The summed E-state index contributed by atoms with van der Waals surface area (Å²) in [6.45, 7) is 4.89. The number of carbonyl (C=O) groups excluding carboxylic acids is 2. The first-order valence-electron chi connectivity index (χ1n) is 9.39. The van der Waals surface area contributed by atoms with Crippen LogP contribution in [0.25, 0.3) is 0 Å². The minimum atomic E-state index is -0.230. The average molecular weight is 382 g/mol. The third-order valence-electron chi connectivity index (χ3n) is 4.73. The van der Waals surface area contributed by atoms with Gasteiger partial charge in [0, 0.05) is 29.9 Å². The quantitative estimate of drug-likeness (QED) is 0.823. The Labute approximate surface area is 165 Å².